The summed E-state index contributed by atoms with van der Waals surface area (Å²) < 4.78 is 45.9. The van der Waals surface area contributed by atoms with Crippen LogP contribution in [0.5, 0.6) is 5.75 Å². The van der Waals surface area contributed by atoms with Crippen LogP contribution in [0.3, 0.4) is 0 Å². The predicted octanol–water partition coefficient (Wildman–Crippen LogP) is 3.51. The average molecular weight is 491 g/mol. The first-order valence-corrected chi connectivity index (χ1v) is 11.0. The predicted molar refractivity (Wildman–Crippen MR) is 122 cm³/mol. The van der Waals surface area contributed by atoms with Crippen LogP contribution in [0.25, 0.3) is 22.4 Å². The number of nitrogens with one attached hydrogen (secondary N) is 1. The van der Waals surface area contributed by atoms with Gasteiger partial charge in [-0.15, -0.1) is 10.2 Å². The number of alkyl halides is 3. The number of para-hydroxylation sites is 1. The molecule has 0 radical (unpaired) electrons. The number of ether oxygens (including phenoxy) is 1. The Balaban J connectivity index is 1.88. The van der Waals surface area contributed by atoms with Crippen LogP contribution >= 0.6 is 11.8 Å². The number of carbonyl (C=O) groups is 1. The molecule has 0 aliphatic carbocycles. The Labute approximate surface area is 195 Å². The van der Waals surface area contributed by atoms with Gasteiger partial charge >= 0.3 is 6.18 Å². The highest BCUT2D eigenvalue weighted by molar-refractivity contribution is 8.00. The van der Waals surface area contributed by atoms with Crippen molar-refractivity contribution < 1.29 is 22.7 Å². The molecule has 1 N–H and O–H groups in total. The van der Waals surface area contributed by atoms with E-state index in [1.165, 1.54) is 18.6 Å². The van der Waals surface area contributed by atoms with Crippen molar-refractivity contribution >= 4 is 34.3 Å². The maximum atomic E-state index is 13.5. The molecule has 4 aromatic rings. The van der Waals surface area contributed by atoms with E-state index >= 15 is 0 Å². The summed E-state index contributed by atoms with van der Waals surface area (Å²) in [5.74, 6) is -0.169. The zero-order valence-electron chi connectivity index (χ0n) is 18.4. The van der Waals surface area contributed by atoms with E-state index in [9.17, 15) is 22.8 Å². The van der Waals surface area contributed by atoms with Crippen molar-refractivity contribution in [3.8, 4) is 11.4 Å². The number of halogens is 3. The minimum absolute atomic E-state index is 0.179. The van der Waals surface area contributed by atoms with Gasteiger partial charge in [-0.3, -0.25) is 14.0 Å². The van der Waals surface area contributed by atoms with Crippen LogP contribution in [0.4, 0.5) is 13.2 Å². The zero-order valence-corrected chi connectivity index (χ0v) is 19.2. The van der Waals surface area contributed by atoms with Gasteiger partial charge in [-0.05, 0) is 43.7 Å². The van der Waals surface area contributed by atoms with Crippen LogP contribution in [0, 0.1) is 6.92 Å². The number of fused-ring (bicyclic) bond motifs is 3. The molecule has 34 heavy (non-hydrogen) atoms. The van der Waals surface area contributed by atoms with Crippen LogP contribution in [0.2, 0.25) is 0 Å². The smallest absolute Gasteiger partial charge is 0.405 e. The molecule has 0 saturated heterocycles. The highest BCUT2D eigenvalue weighted by Gasteiger charge is 2.29. The Kier molecular flexibility index (Phi) is 6.26. The van der Waals surface area contributed by atoms with E-state index in [0.717, 1.165) is 17.3 Å². The number of amides is 1. The van der Waals surface area contributed by atoms with Gasteiger partial charge in [0.2, 0.25) is 11.7 Å². The Bertz CT molecular complexity index is 1450. The van der Waals surface area contributed by atoms with E-state index in [1.54, 1.807) is 40.8 Å². The van der Waals surface area contributed by atoms with E-state index in [1.807, 2.05) is 18.3 Å². The highest BCUT2D eigenvalue weighted by Crippen LogP contribution is 2.29. The van der Waals surface area contributed by atoms with Gasteiger partial charge in [-0.25, -0.2) is 4.57 Å². The summed E-state index contributed by atoms with van der Waals surface area (Å²) in [6.07, 6.45) is -4.51. The third kappa shape index (κ3) is 4.45. The molecule has 0 spiro atoms. The fraction of sp³-hybridized carbons (Fsp3) is 0.273. The number of carbonyl (C=O) groups excluding carboxylic acids is 1. The number of aryl methyl sites for hydroxylation is 1. The van der Waals surface area contributed by atoms with Crippen molar-refractivity contribution in [1.29, 1.82) is 0 Å². The van der Waals surface area contributed by atoms with Gasteiger partial charge < -0.3 is 10.1 Å². The molecule has 0 saturated carbocycles. The fourth-order valence-electron chi connectivity index (χ4n) is 3.49. The highest BCUT2D eigenvalue weighted by atomic mass is 32.2. The van der Waals surface area contributed by atoms with Gasteiger partial charge in [0.15, 0.2) is 5.16 Å². The standard InChI is InChI=1S/C22H20F3N5O3S/c1-12-8-9-17(33-3)16(10-12)29-19(32)14-6-4-5-7-15(14)30-20(29)27-28-21(30)34-13(2)18(31)26-11-22(23,24)25/h4-10,13H,11H2,1-3H3,(H,26,31). The van der Waals surface area contributed by atoms with Crippen molar-refractivity contribution in [2.75, 3.05) is 13.7 Å². The minimum atomic E-state index is -4.51. The van der Waals surface area contributed by atoms with Crippen LogP contribution in [0.1, 0.15) is 12.5 Å². The van der Waals surface area contributed by atoms with Gasteiger partial charge in [0, 0.05) is 0 Å². The Hall–Kier alpha value is -3.54. The first-order chi connectivity index (χ1) is 16.1. The molecule has 178 valence electrons. The molecule has 2 aromatic carbocycles. The number of thioether (sulfide) groups is 1. The number of methoxy groups -OCH3 is 1. The van der Waals surface area contributed by atoms with E-state index in [-0.39, 0.29) is 16.5 Å². The number of rotatable bonds is 6. The van der Waals surface area contributed by atoms with Crippen molar-refractivity contribution in [2.24, 2.45) is 0 Å². The molecular weight excluding hydrogens is 471 g/mol. The lowest BCUT2D eigenvalue weighted by Gasteiger charge is -2.15. The topological polar surface area (TPSA) is 90.5 Å². The summed E-state index contributed by atoms with van der Waals surface area (Å²) in [5, 5.41) is 9.95. The molecule has 0 bridgehead atoms. The Morgan fingerprint density at radius 3 is 2.65 bits per heavy atom. The molecule has 8 nitrogen and oxygen atoms in total. The van der Waals surface area contributed by atoms with Gasteiger partial charge in [0.05, 0.1) is 29.0 Å². The van der Waals surface area contributed by atoms with Crippen molar-refractivity contribution in [1.82, 2.24) is 24.5 Å². The zero-order chi connectivity index (χ0) is 24.6. The van der Waals surface area contributed by atoms with Gasteiger partial charge in [0.1, 0.15) is 12.3 Å². The second-order valence-corrected chi connectivity index (χ2v) is 8.85. The van der Waals surface area contributed by atoms with Gasteiger partial charge in [-0.2, -0.15) is 13.2 Å². The third-order valence-electron chi connectivity index (χ3n) is 5.08. The second-order valence-electron chi connectivity index (χ2n) is 7.54. The lowest BCUT2D eigenvalue weighted by Crippen LogP contribution is -2.38. The van der Waals surface area contributed by atoms with E-state index in [2.05, 4.69) is 10.2 Å². The Morgan fingerprint density at radius 1 is 1.21 bits per heavy atom. The molecule has 2 aromatic heterocycles. The van der Waals surface area contributed by atoms with E-state index in [0.29, 0.717) is 22.3 Å². The van der Waals surface area contributed by atoms with Crippen molar-refractivity contribution in [3.63, 3.8) is 0 Å². The number of hydrogen-bond donors (Lipinski definition) is 1. The molecule has 0 aliphatic heterocycles. The molecule has 1 unspecified atom stereocenters. The monoisotopic (exact) mass is 491 g/mol. The fourth-order valence-corrected chi connectivity index (χ4v) is 4.37. The van der Waals surface area contributed by atoms with Crippen molar-refractivity contribution in [3.05, 3.63) is 58.4 Å². The SMILES string of the molecule is COc1ccc(C)cc1-n1c(=O)c2ccccc2n2c(SC(C)C(=O)NCC(F)(F)F)nnc12. The normalized spacial score (nSPS) is 12.8. The maximum absolute atomic E-state index is 13.5. The van der Waals surface area contributed by atoms with Crippen LogP contribution in [-0.2, 0) is 4.79 Å². The van der Waals surface area contributed by atoms with E-state index < -0.39 is 23.9 Å². The van der Waals surface area contributed by atoms with Crippen molar-refractivity contribution in [2.45, 2.75) is 30.4 Å². The summed E-state index contributed by atoms with van der Waals surface area (Å²) in [4.78, 5) is 25.7. The lowest BCUT2D eigenvalue weighted by molar-refractivity contribution is -0.137. The second kappa shape index (κ2) is 9.01. The largest absolute Gasteiger partial charge is 0.495 e. The maximum Gasteiger partial charge on any atom is 0.405 e. The Morgan fingerprint density at radius 2 is 1.94 bits per heavy atom. The molecule has 2 heterocycles. The summed E-state index contributed by atoms with van der Waals surface area (Å²) in [5.41, 5.74) is 1.51. The van der Waals surface area contributed by atoms with Gasteiger partial charge in [0.25, 0.3) is 5.56 Å². The molecular formula is C22H20F3N5O3S. The lowest BCUT2D eigenvalue weighted by atomic mass is 10.2. The quantitative estimate of drug-likeness (QED) is 0.415. The molecule has 1 amide bonds. The molecule has 12 heteroatoms. The summed E-state index contributed by atoms with van der Waals surface area (Å²) in [7, 11) is 1.49. The van der Waals surface area contributed by atoms with Crippen LogP contribution in [0.15, 0.2) is 52.4 Å². The third-order valence-corrected chi connectivity index (χ3v) is 6.13. The molecule has 1 atom stereocenters. The molecule has 0 fully saturated rings. The number of benzene rings is 2. The average Bonchev–Trinajstić information content (AvgIpc) is 3.20. The summed E-state index contributed by atoms with van der Waals surface area (Å²) >= 11 is 0.939. The molecule has 4 rings (SSSR count). The minimum Gasteiger partial charge on any atom is -0.495 e. The molecule has 0 aliphatic rings. The van der Waals surface area contributed by atoms with Crippen LogP contribution < -0.4 is 15.6 Å². The summed E-state index contributed by atoms with van der Waals surface area (Å²) in [6, 6.07) is 12.2. The number of hydrogen-bond acceptors (Lipinski definition) is 6. The van der Waals surface area contributed by atoms with Crippen LogP contribution in [-0.4, -0.2) is 50.2 Å². The first kappa shape index (κ1) is 23.6. The first-order valence-electron chi connectivity index (χ1n) is 10.2. The van der Waals surface area contributed by atoms with Gasteiger partial charge in [-0.1, -0.05) is 30.0 Å². The number of nitrogens with zero attached hydrogens (tertiary/aromatic N) is 4. The van der Waals surface area contributed by atoms with E-state index in [4.69, 9.17) is 4.74 Å². The number of aromatic nitrogens is 4. The summed E-state index contributed by atoms with van der Waals surface area (Å²) in [6.45, 7) is 1.92.